The molecular weight excluding hydrogens is 322 g/mol. The normalized spacial score (nSPS) is 16.7. The van der Waals surface area contributed by atoms with E-state index in [2.05, 4.69) is 0 Å². The van der Waals surface area contributed by atoms with Gasteiger partial charge in [0.1, 0.15) is 11.4 Å². The Kier molecular flexibility index (Phi) is 3.38. The first-order valence-corrected chi connectivity index (χ1v) is 6.57. The number of carbonyl (C=O) groups excluding carboxylic acids is 1. The van der Waals surface area contributed by atoms with Crippen LogP contribution in [0.3, 0.4) is 0 Å². The molecule has 1 aromatic heterocycles. The fourth-order valence-electron chi connectivity index (χ4n) is 2.63. The first-order chi connectivity index (χ1) is 10.7. The summed E-state index contributed by atoms with van der Waals surface area (Å²) in [6.45, 7) is 0.176. The van der Waals surface area contributed by atoms with E-state index in [0.29, 0.717) is 0 Å². The molecule has 2 heterocycles. The minimum Gasteiger partial charge on any atom is -0.457 e. The number of furan rings is 1. The second kappa shape index (κ2) is 4.93. The van der Waals surface area contributed by atoms with Gasteiger partial charge in [-0.1, -0.05) is 0 Å². The lowest BCUT2D eigenvalue weighted by Crippen LogP contribution is -2.65. The minimum atomic E-state index is -2.04. The van der Waals surface area contributed by atoms with Crippen LogP contribution in [0.1, 0.15) is 16.1 Å². The number of aliphatic hydroxyl groups is 2. The van der Waals surface area contributed by atoms with Crippen molar-refractivity contribution >= 4 is 16.9 Å². The van der Waals surface area contributed by atoms with E-state index >= 15 is 0 Å². The van der Waals surface area contributed by atoms with Crippen molar-refractivity contribution in [2.24, 2.45) is 0 Å². The molecule has 124 valence electrons. The second-order valence-corrected chi connectivity index (χ2v) is 5.54. The van der Waals surface area contributed by atoms with Gasteiger partial charge < -0.3 is 19.5 Å². The highest BCUT2D eigenvalue weighted by Crippen LogP contribution is 2.35. The standard InChI is InChI=1S/C14H11F4NO4/c1-5-6(13(21)19-2-14(22,3-19)4-20)7-8(15)9(16)10(17)11(18)12(7)23-5/h20,22H,2-4H2,1H3. The maximum Gasteiger partial charge on any atom is 0.258 e. The Bertz CT molecular complexity index is 826. The molecule has 23 heavy (non-hydrogen) atoms. The number of aryl methyl sites for hydroxylation is 1. The molecule has 0 radical (unpaired) electrons. The monoisotopic (exact) mass is 333 g/mol. The average molecular weight is 333 g/mol. The van der Waals surface area contributed by atoms with E-state index in [9.17, 15) is 27.5 Å². The number of nitrogens with zero attached hydrogens (tertiary/aromatic N) is 1. The second-order valence-electron chi connectivity index (χ2n) is 5.54. The Labute approximate surface area is 126 Å². The van der Waals surface area contributed by atoms with Crippen LogP contribution in [-0.2, 0) is 0 Å². The van der Waals surface area contributed by atoms with Crippen molar-refractivity contribution in [3.05, 3.63) is 34.6 Å². The predicted octanol–water partition coefficient (Wildman–Crippen LogP) is 1.48. The number of carbonyl (C=O) groups is 1. The lowest BCUT2D eigenvalue weighted by atomic mass is 9.94. The number of halogens is 4. The molecule has 0 bridgehead atoms. The lowest BCUT2D eigenvalue weighted by molar-refractivity contribution is -0.109. The van der Waals surface area contributed by atoms with Crippen molar-refractivity contribution in [2.75, 3.05) is 19.7 Å². The highest BCUT2D eigenvalue weighted by Gasteiger charge is 2.45. The number of likely N-dealkylation sites (tertiary alicyclic amines) is 1. The summed E-state index contributed by atoms with van der Waals surface area (Å²) in [5.74, 6) is -8.58. The Hall–Kier alpha value is -2.13. The highest BCUT2D eigenvalue weighted by molar-refractivity contribution is 6.08. The number of hydrogen-bond acceptors (Lipinski definition) is 4. The molecule has 1 saturated heterocycles. The van der Waals surface area contributed by atoms with E-state index < -0.39 is 57.9 Å². The van der Waals surface area contributed by atoms with Gasteiger partial charge in [-0.15, -0.1) is 0 Å². The molecule has 0 unspecified atom stereocenters. The van der Waals surface area contributed by atoms with E-state index in [0.717, 1.165) is 4.90 Å². The molecule has 1 aromatic carbocycles. The summed E-state index contributed by atoms with van der Waals surface area (Å²) in [4.78, 5) is 13.4. The molecule has 2 N–H and O–H groups in total. The zero-order valence-corrected chi connectivity index (χ0v) is 11.8. The van der Waals surface area contributed by atoms with Crippen molar-refractivity contribution in [1.82, 2.24) is 4.90 Å². The van der Waals surface area contributed by atoms with E-state index in [-0.39, 0.29) is 18.8 Å². The number of benzene rings is 1. The fourth-order valence-corrected chi connectivity index (χ4v) is 2.63. The number of fused-ring (bicyclic) bond motifs is 1. The Morgan fingerprint density at radius 2 is 1.74 bits per heavy atom. The lowest BCUT2D eigenvalue weighted by Gasteiger charge is -2.45. The SMILES string of the molecule is Cc1oc2c(F)c(F)c(F)c(F)c2c1C(=O)N1CC(O)(CO)C1. The number of aliphatic hydroxyl groups excluding tert-OH is 1. The first kappa shape index (κ1) is 15.8. The molecular formula is C14H11F4NO4. The van der Waals surface area contributed by atoms with Crippen LogP contribution in [0.25, 0.3) is 11.0 Å². The van der Waals surface area contributed by atoms with Gasteiger partial charge in [0.2, 0.25) is 11.6 Å². The molecule has 1 amide bonds. The van der Waals surface area contributed by atoms with E-state index in [1.165, 1.54) is 6.92 Å². The van der Waals surface area contributed by atoms with Crippen molar-refractivity contribution in [2.45, 2.75) is 12.5 Å². The molecule has 9 heteroatoms. The summed E-state index contributed by atoms with van der Waals surface area (Å²) in [5.41, 5.74) is -2.81. The molecule has 1 aliphatic heterocycles. The largest absolute Gasteiger partial charge is 0.457 e. The zero-order valence-electron chi connectivity index (χ0n) is 11.8. The summed E-state index contributed by atoms with van der Waals surface area (Å²) >= 11 is 0. The van der Waals surface area contributed by atoms with Crippen LogP contribution >= 0.6 is 0 Å². The molecule has 0 saturated carbocycles. The Balaban J connectivity index is 2.12. The van der Waals surface area contributed by atoms with Gasteiger partial charge in [-0.05, 0) is 6.92 Å². The van der Waals surface area contributed by atoms with Crippen molar-refractivity contribution in [3.8, 4) is 0 Å². The zero-order chi connectivity index (χ0) is 17.1. The van der Waals surface area contributed by atoms with Gasteiger partial charge >= 0.3 is 0 Å². The van der Waals surface area contributed by atoms with E-state index in [1.807, 2.05) is 0 Å². The predicted molar refractivity (Wildman–Crippen MR) is 68.7 cm³/mol. The molecule has 1 aliphatic rings. The van der Waals surface area contributed by atoms with Crippen molar-refractivity contribution in [1.29, 1.82) is 0 Å². The van der Waals surface area contributed by atoms with Gasteiger partial charge in [-0.3, -0.25) is 4.79 Å². The quantitative estimate of drug-likeness (QED) is 0.496. The van der Waals surface area contributed by atoms with Gasteiger partial charge in [0, 0.05) is 0 Å². The number of amides is 1. The maximum absolute atomic E-state index is 14.0. The highest BCUT2D eigenvalue weighted by atomic mass is 19.2. The van der Waals surface area contributed by atoms with Crippen molar-refractivity contribution in [3.63, 3.8) is 0 Å². The van der Waals surface area contributed by atoms with Crippen LogP contribution in [0, 0.1) is 30.2 Å². The van der Waals surface area contributed by atoms with Crippen LogP contribution in [0.2, 0.25) is 0 Å². The average Bonchev–Trinajstić information content (AvgIpc) is 2.84. The molecule has 0 atom stereocenters. The van der Waals surface area contributed by atoms with Gasteiger partial charge in [0.05, 0.1) is 30.6 Å². The molecule has 3 rings (SSSR count). The van der Waals surface area contributed by atoms with Crippen LogP contribution in [0.4, 0.5) is 17.6 Å². The molecule has 5 nitrogen and oxygen atoms in total. The van der Waals surface area contributed by atoms with E-state index in [1.54, 1.807) is 0 Å². The van der Waals surface area contributed by atoms with Crippen molar-refractivity contribution < 1.29 is 37.0 Å². The number of rotatable bonds is 2. The fraction of sp³-hybridized carbons (Fsp3) is 0.357. The van der Waals surface area contributed by atoms with Crippen LogP contribution < -0.4 is 0 Å². The third-order valence-corrected chi connectivity index (χ3v) is 3.85. The Morgan fingerprint density at radius 1 is 1.17 bits per heavy atom. The minimum absolute atomic E-state index is 0.216. The number of hydrogen-bond donors (Lipinski definition) is 2. The summed E-state index contributed by atoms with van der Waals surface area (Å²) in [5, 5.41) is 17.8. The smallest absolute Gasteiger partial charge is 0.258 e. The van der Waals surface area contributed by atoms with Crippen LogP contribution in [-0.4, -0.2) is 46.3 Å². The molecule has 2 aromatic rings. The summed E-state index contributed by atoms with van der Waals surface area (Å²) in [6, 6.07) is 0. The third kappa shape index (κ3) is 2.11. The van der Waals surface area contributed by atoms with E-state index in [4.69, 9.17) is 9.52 Å². The summed E-state index contributed by atoms with van der Waals surface area (Å²) in [6.07, 6.45) is 0. The topological polar surface area (TPSA) is 73.9 Å². The Morgan fingerprint density at radius 3 is 2.30 bits per heavy atom. The third-order valence-electron chi connectivity index (χ3n) is 3.85. The van der Waals surface area contributed by atoms with Crippen LogP contribution in [0.15, 0.2) is 4.42 Å². The van der Waals surface area contributed by atoms with Gasteiger partial charge in [0.15, 0.2) is 17.2 Å². The molecule has 0 spiro atoms. The van der Waals surface area contributed by atoms with Gasteiger partial charge in [-0.2, -0.15) is 4.39 Å². The van der Waals surface area contributed by atoms with Gasteiger partial charge in [-0.25, -0.2) is 13.2 Å². The molecule has 1 fully saturated rings. The first-order valence-electron chi connectivity index (χ1n) is 6.57. The summed E-state index contributed by atoms with van der Waals surface area (Å²) in [7, 11) is 0. The number of β-amino-alcohol motifs (C(OH)–C–C–N with tert-alkyl or cyclic N) is 1. The van der Waals surface area contributed by atoms with Gasteiger partial charge in [0.25, 0.3) is 5.91 Å². The molecule has 0 aliphatic carbocycles. The summed E-state index contributed by atoms with van der Waals surface area (Å²) < 4.78 is 59.2. The van der Waals surface area contributed by atoms with Crippen LogP contribution in [0.5, 0.6) is 0 Å². The maximum atomic E-state index is 14.0.